The van der Waals surface area contributed by atoms with E-state index in [4.69, 9.17) is 0 Å². The van der Waals surface area contributed by atoms with Gasteiger partial charge in [-0.3, -0.25) is 9.69 Å². The molecule has 0 aliphatic carbocycles. The van der Waals surface area contributed by atoms with Crippen LogP contribution in [-0.4, -0.2) is 73.6 Å². The summed E-state index contributed by atoms with van der Waals surface area (Å²) in [5.41, 5.74) is 1.83. The Morgan fingerprint density at radius 2 is 1.61 bits per heavy atom. The lowest BCUT2D eigenvalue weighted by Crippen LogP contribution is -2.54. The van der Waals surface area contributed by atoms with Gasteiger partial charge in [0.2, 0.25) is 5.91 Å². The van der Waals surface area contributed by atoms with Crippen molar-refractivity contribution in [3.05, 3.63) is 28.2 Å². The maximum atomic E-state index is 12.9. The lowest BCUT2D eigenvalue weighted by atomic mass is 10.2. The fourth-order valence-electron chi connectivity index (χ4n) is 3.68. The van der Waals surface area contributed by atoms with Gasteiger partial charge in [0, 0.05) is 49.4 Å². The van der Waals surface area contributed by atoms with Crippen LogP contribution in [0, 0.1) is 6.92 Å². The molecule has 28 heavy (non-hydrogen) atoms. The van der Waals surface area contributed by atoms with E-state index in [-0.39, 0.29) is 12.5 Å². The van der Waals surface area contributed by atoms with Gasteiger partial charge in [0.25, 0.3) is 10.2 Å². The third kappa shape index (κ3) is 5.54. The summed E-state index contributed by atoms with van der Waals surface area (Å²) >= 11 is 3.45. The van der Waals surface area contributed by atoms with Crippen LogP contribution in [-0.2, 0) is 15.0 Å². The molecule has 1 aromatic carbocycles. The minimum Gasteiger partial charge on any atom is -0.325 e. The number of hydrogen-bond donors (Lipinski definition) is 1. The van der Waals surface area contributed by atoms with Gasteiger partial charge in [-0.15, -0.1) is 0 Å². The Morgan fingerprint density at radius 1 is 1.00 bits per heavy atom. The molecule has 1 N–H and O–H groups in total. The van der Waals surface area contributed by atoms with E-state index in [1.807, 2.05) is 30.0 Å². The number of benzene rings is 1. The van der Waals surface area contributed by atoms with Gasteiger partial charge in [0.1, 0.15) is 0 Å². The Bertz CT molecular complexity index is 786. The summed E-state index contributed by atoms with van der Waals surface area (Å²) < 4.78 is 30.0. The molecule has 0 spiro atoms. The summed E-state index contributed by atoms with van der Waals surface area (Å²) in [4.78, 5) is 14.3. The highest BCUT2D eigenvalue weighted by atomic mass is 79.9. The Kier molecular flexibility index (Phi) is 7.49. The molecule has 2 saturated heterocycles. The number of anilines is 1. The molecule has 0 aromatic heterocycles. The third-order valence-corrected chi connectivity index (χ3v) is 8.28. The van der Waals surface area contributed by atoms with Crippen LogP contribution >= 0.6 is 15.9 Å². The van der Waals surface area contributed by atoms with Gasteiger partial charge in [-0.2, -0.15) is 17.0 Å². The zero-order valence-corrected chi connectivity index (χ0v) is 18.8. The average Bonchev–Trinajstić information content (AvgIpc) is 2.95. The SMILES string of the molecule is Cc1cc(NC(=O)CN2CCN(S(=O)(=O)N3CCCCCC3)CC2)ccc1Br. The minimum absolute atomic E-state index is 0.0782. The van der Waals surface area contributed by atoms with Gasteiger partial charge in [-0.05, 0) is 43.5 Å². The van der Waals surface area contributed by atoms with Crippen molar-refractivity contribution in [2.45, 2.75) is 32.6 Å². The predicted octanol–water partition coefficient (Wildman–Crippen LogP) is 2.43. The summed E-state index contributed by atoms with van der Waals surface area (Å²) in [6, 6.07) is 5.70. The number of carbonyl (C=O) groups excluding carboxylic acids is 1. The number of halogens is 1. The van der Waals surface area contributed by atoms with E-state index in [9.17, 15) is 13.2 Å². The second-order valence-electron chi connectivity index (χ2n) is 7.51. The molecule has 3 rings (SSSR count). The molecule has 0 atom stereocenters. The molecule has 7 nitrogen and oxygen atoms in total. The third-order valence-electron chi connectivity index (χ3n) is 5.36. The fourth-order valence-corrected chi connectivity index (χ4v) is 5.60. The first-order chi connectivity index (χ1) is 13.4. The smallest absolute Gasteiger partial charge is 0.282 e. The van der Waals surface area contributed by atoms with Crippen LogP contribution in [0.1, 0.15) is 31.2 Å². The second-order valence-corrected chi connectivity index (χ2v) is 10.3. The van der Waals surface area contributed by atoms with Gasteiger partial charge in [0.05, 0.1) is 6.54 Å². The van der Waals surface area contributed by atoms with Crippen molar-refractivity contribution >= 4 is 37.7 Å². The Labute approximate surface area is 176 Å². The van der Waals surface area contributed by atoms with Crippen LogP contribution < -0.4 is 5.32 Å². The number of nitrogens with zero attached hydrogens (tertiary/aromatic N) is 3. The van der Waals surface area contributed by atoms with Crippen molar-refractivity contribution in [2.24, 2.45) is 0 Å². The van der Waals surface area contributed by atoms with Crippen LogP contribution in [0.4, 0.5) is 5.69 Å². The van der Waals surface area contributed by atoms with Crippen molar-refractivity contribution in [1.82, 2.24) is 13.5 Å². The lowest BCUT2D eigenvalue weighted by Gasteiger charge is -2.36. The van der Waals surface area contributed by atoms with Crippen LogP contribution in [0.5, 0.6) is 0 Å². The first-order valence-corrected chi connectivity index (χ1v) is 12.1. The zero-order valence-electron chi connectivity index (χ0n) is 16.4. The van der Waals surface area contributed by atoms with Gasteiger partial charge in [-0.25, -0.2) is 0 Å². The van der Waals surface area contributed by atoms with E-state index in [2.05, 4.69) is 21.2 Å². The molecular weight excluding hydrogens is 444 g/mol. The Morgan fingerprint density at radius 3 is 2.21 bits per heavy atom. The van der Waals surface area contributed by atoms with E-state index in [0.717, 1.165) is 41.4 Å². The molecule has 2 heterocycles. The normalized spacial score (nSPS) is 20.6. The fraction of sp³-hybridized carbons (Fsp3) is 0.632. The van der Waals surface area contributed by atoms with Gasteiger partial charge in [0.15, 0.2) is 0 Å². The van der Waals surface area contributed by atoms with E-state index < -0.39 is 10.2 Å². The summed E-state index contributed by atoms with van der Waals surface area (Å²) in [5.74, 6) is -0.0782. The van der Waals surface area contributed by atoms with Gasteiger partial charge >= 0.3 is 0 Å². The quantitative estimate of drug-likeness (QED) is 0.713. The number of nitrogens with one attached hydrogen (secondary N) is 1. The topological polar surface area (TPSA) is 73.0 Å². The molecule has 1 amide bonds. The molecule has 0 saturated carbocycles. The number of rotatable bonds is 5. The Hall–Kier alpha value is -1.00. The molecule has 2 fully saturated rings. The number of hydrogen-bond acceptors (Lipinski definition) is 4. The van der Waals surface area contributed by atoms with Gasteiger partial charge < -0.3 is 5.32 Å². The summed E-state index contributed by atoms with van der Waals surface area (Å²) in [6.07, 6.45) is 4.09. The lowest BCUT2D eigenvalue weighted by molar-refractivity contribution is -0.117. The van der Waals surface area contributed by atoms with E-state index in [1.54, 1.807) is 8.61 Å². The number of piperazine rings is 1. The summed E-state index contributed by atoms with van der Waals surface area (Å²) in [6.45, 7) is 5.50. The van der Waals surface area contributed by atoms with Crippen molar-refractivity contribution in [3.63, 3.8) is 0 Å². The van der Waals surface area contributed by atoms with E-state index in [0.29, 0.717) is 39.3 Å². The standard InChI is InChI=1S/C19H29BrN4O3S/c1-16-14-17(6-7-18(16)20)21-19(25)15-22-10-12-24(13-11-22)28(26,27)23-8-4-2-3-5-9-23/h6-7,14H,2-5,8-13,15H2,1H3,(H,21,25). The van der Waals surface area contributed by atoms with Crippen molar-refractivity contribution in [3.8, 4) is 0 Å². The number of carbonyl (C=O) groups is 1. The number of amides is 1. The average molecular weight is 473 g/mol. The van der Waals surface area contributed by atoms with Crippen molar-refractivity contribution in [2.75, 3.05) is 51.1 Å². The highest BCUT2D eigenvalue weighted by Crippen LogP contribution is 2.20. The monoisotopic (exact) mass is 472 g/mol. The highest BCUT2D eigenvalue weighted by Gasteiger charge is 2.32. The molecule has 2 aliphatic heterocycles. The van der Waals surface area contributed by atoms with E-state index in [1.165, 1.54) is 0 Å². The molecule has 0 unspecified atom stereocenters. The highest BCUT2D eigenvalue weighted by molar-refractivity contribution is 9.10. The molecule has 0 bridgehead atoms. The zero-order chi connectivity index (χ0) is 20.1. The Balaban J connectivity index is 1.49. The van der Waals surface area contributed by atoms with Gasteiger partial charge in [-0.1, -0.05) is 28.8 Å². The van der Waals surface area contributed by atoms with E-state index >= 15 is 0 Å². The molecule has 1 aromatic rings. The summed E-state index contributed by atoms with van der Waals surface area (Å²) in [5, 5.41) is 2.92. The molecule has 2 aliphatic rings. The first-order valence-electron chi connectivity index (χ1n) is 9.90. The molecule has 9 heteroatoms. The second kappa shape index (κ2) is 9.67. The first kappa shape index (κ1) is 21.7. The molecule has 156 valence electrons. The maximum Gasteiger partial charge on any atom is 0.282 e. The molecule has 0 radical (unpaired) electrons. The van der Waals surface area contributed by atoms with Crippen molar-refractivity contribution < 1.29 is 13.2 Å². The largest absolute Gasteiger partial charge is 0.325 e. The minimum atomic E-state index is -3.38. The van der Waals surface area contributed by atoms with Crippen LogP contribution in [0.15, 0.2) is 22.7 Å². The van der Waals surface area contributed by atoms with Crippen molar-refractivity contribution in [1.29, 1.82) is 0 Å². The predicted molar refractivity (Wildman–Crippen MR) is 114 cm³/mol. The maximum absolute atomic E-state index is 12.9. The van der Waals surface area contributed by atoms with Crippen LogP contribution in [0.3, 0.4) is 0 Å². The van der Waals surface area contributed by atoms with Crippen LogP contribution in [0.25, 0.3) is 0 Å². The number of aryl methyl sites for hydroxylation is 1. The summed E-state index contributed by atoms with van der Waals surface area (Å²) in [7, 11) is -3.38. The molecular formula is C19H29BrN4O3S. The van der Waals surface area contributed by atoms with Crippen LogP contribution in [0.2, 0.25) is 0 Å².